The first-order valence-electron chi connectivity index (χ1n) is 15.9. The van der Waals surface area contributed by atoms with Crippen molar-refractivity contribution in [2.75, 3.05) is 43.4 Å². The SMILES string of the molecule is Nc1nc2c(-c3c(F)c4nc(OC[C@@]56CCCN5C[C@H](F)C6)nc(N5CC6CCC(C5)N6)c4c(=O)n3C3CC3(F)F)ccc(F)c2s1. The van der Waals surface area contributed by atoms with Crippen LogP contribution in [-0.2, 0) is 0 Å². The number of ether oxygens (including phenoxy) is 1. The van der Waals surface area contributed by atoms with E-state index in [1.54, 1.807) is 0 Å². The van der Waals surface area contributed by atoms with E-state index in [0.717, 1.165) is 54.2 Å². The summed E-state index contributed by atoms with van der Waals surface area (Å²) in [4.78, 5) is 31.7. The molecule has 4 aromatic rings. The molecule has 1 aromatic carbocycles. The number of rotatable bonds is 6. The lowest BCUT2D eigenvalue weighted by molar-refractivity contribution is 0.100. The van der Waals surface area contributed by atoms with Gasteiger partial charge in [-0.3, -0.25) is 14.3 Å². The van der Waals surface area contributed by atoms with Crippen molar-refractivity contribution in [1.29, 1.82) is 0 Å². The zero-order chi connectivity index (χ0) is 32.4. The van der Waals surface area contributed by atoms with Crippen molar-refractivity contribution in [3.05, 3.63) is 34.1 Å². The molecule has 47 heavy (non-hydrogen) atoms. The van der Waals surface area contributed by atoms with Crippen molar-refractivity contribution in [3.63, 3.8) is 0 Å². The van der Waals surface area contributed by atoms with E-state index in [9.17, 15) is 22.4 Å². The van der Waals surface area contributed by atoms with Crippen LogP contribution in [-0.4, -0.2) is 86.9 Å². The highest BCUT2D eigenvalue weighted by Gasteiger charge is 2.60. The van der Waals surface area contributed by atoms with Crippen LogP contribution in [0.5, 0.6) is 6.01 Å². The third-order valence-electron chi connectivity index (χ3n) is 10.6. The van der Waals surface area contributed by atoms with Gasteiger partial charge in [0, 0.05) is 50.1 Å². The summed E-state index contributed by atoms with van der Waals surface area (Å²) in [7, 11) is 0. The van der Waals surface area contributed by atoms with Gasteiger partial charge in [0.05, 0.1) is 21.4 Å². The Morgan fingerprint density at radius 2 is 1.83 bits per heavy atom. The number of hydrogen-bond donors (Lipinski definition) is 2. The molecule has 248 valence electrons. The summed E-state index contributed by atoms with van der Waals surface area (Å²) in [6.45, 7) is 2.05. The second kappa shape index (κ2) is 10.2. The standard InChI is InChI=1S/C31H31F5N8O2S/c32-14-8-30(6-1-7-43(30)10-14)13-46-29-40-23-20(26(41-29)42-11-15-2-3-16(12-42)38-15)27(45)44(19-9-31(19,35)36)24(21(23)34)17-4-5-18(33)25-22(17)39-28(37)47-25/h4-5,14-16,19,38H,1-3,6-13H2,(H2,37,39)/t14-,15?,16?,19?,30+/m1/s1. The van der Waals surface area contributed by atoms with E-state index < -0.39 is 58.5 Å². The van der Waals surface area contributed by atoms with Gasteiger partial charge in [-0.05, 0) is 44.4 Å². The number of nitrogen functional groups attached to an aromatic ring is 1. The number of alkyl halides is 3. The topological polar surface area (TPSA) is 114 Å². The lowest BCUT2D eigenvalue weighted by Gasteiger charge is -2.34. The van der Waals surface area contributed by atoms with Crippen LogP contribution in [0.1, 0.15) is 44.6 Å². The molecule has 0 amide bonds. The van der Waals surface area contributed by atoms with Gasteiger partial charge in [-0.1, -0.05) is 11.3 Å². The van der Waals surface area contributed by atoms with Crippen LogP contribution >= 0.6 is 11.3 Å². The number of pyridine rings is 1. The van der Waals surface area contributed by atoms with Crippen LogP contribution in [0.25, 0.3) is 32.4 Å². The number of piperazine rings is 1. The Hall–Kier alpha value is -3.63. The Balaban J connectivity index is 1.26. The normalized spacial score (nSPS) is 29.7. The summed E-state index contributed by atoms with van der Waals surface area (Å²) in [5, 5.41) is 3.28. The maximum atomic E-state index is 17.2. The highest BCUT2D eigenvalue weighted by Crippen LogP contribution is 2.54. The lowest BCUT2D eigenvalue weighted by atomic mass is 9.95. The Kier molecular flexibility index (Phi) is 6.40. The lowest BCUT2D eigenvalue weighted by Crippen LogP contribution is -2.51. The highest BCUT2D eigenvalue weighted by atomic mass is 32.1. The highest BCUT2D eigenvalue weighted by molar-refractivity contribution is 7.22. The summed E-state index contributed by atoms with van der Waals surface area (Å²) >= 11 is 0.831. The monoisotopic (exact) mass is 674 g/mol. The predicted molar refractivity (Wildman–Crippen MR) is 166 cm³/mol. The van der Waals surface area contributed by atoms with Gasteiger partial charge in [-0.25, -0.2) is 26.9 Å². The minimum Gasteiger partial charge on any atom is -0.461 e. The first-order valence-corrected chi connectivity index (χ1v) is 16.7. The van der Waals surface area contributed by atoms with Crippen LogP contribution in [0.2, 0.25) is 0 Å². The Morgan fingerprint density at radius 1 is 1.06 bits per heavy atom. The van der Waals surface area contributed by atoms with E-state index in [-0.39, 0.29) is 56.8 Å². The van der Waals surface area contributed by atoms with Gasteiger partial charge >= 0.3 is 6.01 Å². The van der Waals surface area contributed by atoms with Gasteiger partial charge in [0.15, 0.2) is 10.9 Å². The summed E-state index contributed by atoms with van der Waals surface area (Å²) in [5.41, 5.74) is 3.48. The summed E-state index contributed by atoms with van der Waals surface area (Å²) in [5.74, 6) is -4.88. The molecule has 3 aromatic heterocycles. The van der Waals surface area contributed by atoms with Crippen molar-refractivity contribution in [2.45, 2.75) is 74.3 Å². The number of thiazole rings is 1. The molecule has 0 spiro atoms. The fourth-order valence-electron chi connectivity index (χ4n) is 8.34. The summed E-state index contributed by atoms with van der Waals surface area (Å²) in [6.07, 6.45) is 2.07. The van der Waals surface area contributed by atoms with Crippen molar-refractivity contribution in [2.24, 2.45) is 0 Å². The number of benzene rings is 1. The van der Waals surface area contributed by atoms with E-state index in [4.69, 9.17) is 10.5 Å². The van der Waals surface area contributed by atoms with E-state index in [1.165, 1.54) is 6.07 Å². The third-order valence-corrected chi connectivity index (χ3v) is 11.5. The van der Waals surface area contributed by atoms with E-state index in [2.05, 4.69) is 25.2 Å². The van der Waals surface area contributed by atoms with Crippen LogP contribution in [0.4, 0.5) is 32.9 Å². The molecule has 7 heterocycles. The fourth-order valence-corrected chi connectivity index (χ4v) is 9.11. The number of fused-ring (bicyclic) bond motifs is 5. The minimum absolute atomic E-state index is 0.00501. The van der Waals surface area contributed by atoms with Gasteiger partial charge < -0.3 is 20.7 Å². The van der Waals surface area contributed by atoms with E-state index in [0.29, 0.717) is 26.1 Å². The number of aromatic nitrogens is 4. The molecule has 16 heteroatoms. The molecule has 0 radical (unpaired) electrons. The van der Waals surface area contributed by atoms with Gasteiger partial charge in [0.1, 0.15) is 41.4 Å². The van der Waals surface area contributed by atoms with Crippen molar-refractivity contribution in [1.82, 2.24) is 29.7 Å². The molecule has 4 aliphatic heterocycles. The summed E-state index contributed by atoms with van der Waals surface area (Å²) < 4.78 is 83.0. The van der Waals surface area contributed by atoms with Crippen LogP contribution in [0, 0.1) is 11.6 Å². The number of halogens is 5. The van der Waals surface area contributed by atoms with E-state index in [1.807, 2.05) is 4.90 Å². The van der Waals surface area contributed by atoms with Gasteiger partial charge in [-0.15, -0.1) is 0 Å². The predicted octanol–water partition coefficient (Wildman–Crippen LogP) is 4.40. The molecule has 5 aliphatic rings. The summed E-state index contributed by atoms with van der Waals surface area (Å²) in [6, 6.07) is 0.675. The first-order chi connectivity index (χ1) is 22.5. The number of anilines is 2. The first kappa shape index (κ1) is 29.5. The fraction of sp³-hybridized carbons (Fsp3) is 0.548. The quantitative estimate of drug-likeness (QED) is 0.287. The molecule has 4 saturated heterocycles. The smallest absolute Gasteiger partial charge is 0.319 e. The third kappa shape index (κ3) is 4.54. The number of nitrogens with two attached hydrogens (primary N) is 1. The molecule has 9 rings (SSSR count). The molecule has 3 unspecified atom stereocenters. The van der Waals surface area contributed by atoms with Crippen molar-refractivity contribution < 1.29 is 26.7 Å². The molecule has 5 atom stereocenters. The Morgan fingerprint density at radius 3 is 2.57 bits per heavy atom. The number of nitrogens with one attached hydrogen (secondary N) is 1. The molecule has 5 fully saturated rings. The molecular formula is C31H31F5N8O2S. The average molecular weight is 675 g/mol. The van der Waals surface area contributed by atoms with Crippen molar-refractivity contribution >= 4 is 43.4 Å². The van der Waals surface area contributed by atoms with Crippen LogP contribution in [0.3, 0.4) is 0 Å². The largest absolute Gasteiger partial charge is 0.461 e. The average Bonchev–Trinajstić information content (AvgIpc) is 3.47. The molecule has 1 saturated carbocycles. The second-order valence-corrected chi connectivity index (χ2v) is 14.6. The molecular weight excluding hydrogens is 643 g/mol. The molecule has 2 bridgehead atoms. The molecule has 3 N–H and O–H groups in total. The van der Waals surface area contributed by atoms with Gasteiger partial charge in [-0.2, -0.15) is 9.97 Å². The van der Waals surface area contributed by atoms with Crippen LogP contribution < -0.4 is 26.2 Å². The van der Waals surface area contributed by atoms with Crippen LogP contribution in [0.15, 0.2) is 16.9 Å². The zero-order valence-corrected chi connectivity index (χ0v) is 25.9. The number of nitrogens with zero attached hydrogens (tertiary/aromatic N) is 6. The molecule has 10 nitrogen and oxygen atoms in total. The van der Waals surface area contributed by atoms with Gasteiger partial charge in [0.25, 0.3) is 11.5 Å². The van der Waals surface area contributed by atoms with Gasteiger partial charge in [0.2, 0.25) is 0 Å². The minimum atomic E-state index is -3.26. The maximum Gasteiger partial charge on any atom is 0.319 e. The Bertz CT molecular complexity index is 2010. The zero-order valence-electron chi connectivity index (χ0n) is 25.1. The second-order valence-electron chi connectivity index (χ2n) is 13.6. The Labute approximate surface area is 268 Å². The van der Waals surface area contributed by atoms with E-state index >= 15 is 4.39 Å². The molecule has 1 aliphatic carbocycles. The number of hydrogen-bond acceptors (Lipinski definition) is 10. The maximum absolute atomic E-state index is 17.2. The van der Waals surface area contributed by atoms with Crippen molar-refractivity contribution in [3.8, 4) is 17.3 Å².